The second kappa shape index (κ2) is 9.65. The third kappa shape index (κ3) is 4.36. The quantitative estimate of drug-likeness (QED) is 0.392. The summed E-state index contributed by atoms with van der Waals surface area (Å²) >= 11 is 0. The van der Waals surface area contributed by atoms with E-state index < -0.39 is 6.03 Å². The minimum atomic E-state index is -0.449. The summed E-state index contributed by atoms with van der Waals surface area (Å²) in [5.74, 6) is 1.35. The van der Waals surface area contributed by atoms with E-state index in [1.165, 1.54) is 0 Å². The Morgan fingerprint density at radius 1 is 1.06 bits per heavy atom. The SMILES string of the molecule is COCCc1nc2c(N)nc3ccccc3c2n1CCCCN(C(N)=O)c1ccccc1. The molecule has 8 heteroatoms. The number of anilines is 2. The Labute approximate surface area is 186 Å². The van der Waals surface area contributed by atoms with Gasteiger partial charge >= 0.3 is 6.03 Å². The molecule has 0 atom stereocenters. The zero-order chi connectivity index (χ0) is 22.5. The first-order valence-corrected chi connectivity index (χ1v) is 10.7. The first-order valence-electron chi connectivity index (χ1n) is 10.7. The van der Waals surface area contributed by atoms with Crippen molar-refractivity contribution in [1.29, 1.82) is 0 Å². The Bertz CT molecular complexity index is 1220. The lowest BCUT2D eigenvalue weighted by atomic mass is 10.2. The van der Waals surface area contributed by atoms with Crippen LogP contribution in [0.25, 0.3) is 21.9 Å². The lowest BCUT2D eigenvalue weighted by molar-refractivity contribution is 0.199. The number of carbonyl (C=O) groups excluding carboxylic acids is 1. The zero-order valence-corrected chi connectivity index (χ0v) is 18.2. The predicted octanol–water partition coefficient (Wildman–Crippen LogP) is 3.72. The largest absolute Gasteiger partial charge is 0.384 e. The number of nitrogens with zero attached hydrogens (tertiary/aromatic N) is 4. The molecule has 2 heterocycles. The number of hydrogen-bond donors (Lipinski definition) is 2. The molecule has 8 nitrogen and oxygen atoms in total. The number of methoxy groups -OCH3 is 1. The number of urea groups is 1. The van der Waals surface area contributed by atoms with Crippen LogP contribution < -0.4 is 16.4 Å². The van der Waals surface area contributed by atoms with Crippen molar-refractivity contribution in [2.45, 2.75) is 25.8 Å². The number of carbonyl (C=O) groups is 1. The average molecular weight is 433 g/mol. The van der Waals surface area contributed by atoms with Crippen molar-refractivity contribution in [3.63, 3.8) is 0 Å². The average Bonchev–Trinajstić information content (AvgIpc) is 3.17. The number of nitrogens with two attached hydrogens (primary N) is 2. The molecular weight excluding hydrogens is 404 g/mol. The number of imidazole rings is 1. The van der Waals surface area contributed by atoms with Crippen molar-refractivity contribution < 1.29 is 9.53 Å². The van der Waals surface area contributed by atoms with Gasteiger partial charge in [0.2, 0.25) is 0 Å². The highest BCUT2D eigenvalue weighted by Crippen LogP contribution is 2.29. The Balaban J connectivity index is 1.59. The molecule has 0 aliphatic carbocycles. The number of aromatic nitrogens is 3. The number of aryl methyl sites for hydroxylation is 1. The Morgan fingerprint density at radius 2 is 1.81 bits per heavy atom. The summed E-state index contributed by atoms with van der Waals surface area (Å²) in [7, 11) is 1.68. The highest BCUT2D eigenvalue weighted by Gasteiger charge is 2.17. The van der Waals surface area contributed by atoms with Crippen molar-refractivity contribution in [1.82, 2.24) is 14.5 Å². The molecule has 2 amide bonds. The van der Waals surface area contributed by atoms with Crippen LogP contribution >= 0.6 is 0 Å². The number of unbranched alkanes of at least 4 members (excludes halogenated alkanes) is 1. The summed E-state index contributed by atoms with van der Waals surface area (Å²) < 4.78 is 7.50. The normalized spacial score (nSPS) is 11.3. The topological polar surface area (TPSA) is 112 Å². The number of hydrogen-bond acceptors (Lipinski definition) is 5. The molecule has 0 saturated heterocycles. The van der Waals surface area contributed by atoms with Crippen LogP contribution in [0.1, 0.15) is 18.7 Å². The predicted molar refractivity (Wildman–Crippen MR) is 128 cm³/mol. The summed E-state index contributed by atoms with van der Waals surface area (Å²) in [6, 6.07) is 17.0. The molecule has 32 heavy (non-hydrogen) atoms. The van der Waals surface area contributed by atoms with Crippen molar-refractivity contribution in [3.05, 3.63) is 60.4 Å². The maximum Gasteiger partial charge on any atom is 0.319 e. The van der Waals surface area contributed by atoms with Crippen molar-refractivity contribution in [2.75, 3.05) is 30.9 Å². The Hall–Kier alpha value is -3.65. The molecule has 0 aliphatic rings. The van der Waals surface area contributed by atoms with Gasteiger partial charge in [0, 0.05) is 37.7 Å². The molecule has 2 aromatic heterocycles. The van der Waals surface area contributed by atoms with E-state index in [-0.39, 0.29) is 0 Å². The molecular formula is C24H28N6O2. The monoisotopic (exact) mass is 432 g/mol. The second-order valence-corrected chi connectivity index (χ2v) is 7.67. The Morgan fingerprint density at radius 3 is 2.56 bits per heavy atom. The van der Waals surface area contributed by atoms with Gasteiger partial charge < -0.3 is 20.8 Å². The number of nitrogen functional groups attached to an aromatic ring is 1. The molecule has 2 aromatic carbocycles. The van der Waals surface area contributed by atoms with Crippen LogP contribution in [-0.2, 0) is 17.7 Å². The molecule has 0 fully saturated rings. The van der Waals surface area contributed by atoms with E-state index in [0.717, 1.165) is 52.8 Å². The molecule has 0 aliphatic heterocycles. The molecule has 4 rings (SSSR count). The van der Waals surface area contributed by atoms with E-state index in [1.54, 1.807) is 12.0 Å². The van der Waals surface area contributed by atoms with Crippen LogP contribution in [0.15, 0.2) is 54.6 Å². The summed E-state index contributed by atoms with van der Waals surface area (Å²) in [5, 5.41) is 1.02. The summed E-state index contributed by atoms with van der Waals surface area (Å²) in [4.78, 5) is 22.9. The number of pyridine rings is 1. The van der Waals surface area contributed by atoms with E-state index in [0.29, 0.717) is 25.4 Å². The van der Waals surface area contributed by atoms with Gasteiger partial charge in [0.15, 0.2) is 5.82 Å². The Kier molecular flexibility index (Phi) is 6.51. The fraction of sp³-hybridized carbons (Fsp3) is 0.292. The number of rotatable bonds is 9. The molecule has 0 spiro atoms. The van der Waals surface area contributed by atoms with Gasteiger partial charge in [0.25, 0.3) is 0 Å². The lowest BCUT2D eigenvalue weighted by Gasteiger charge is -2.20. The number of fused-ring (bicyclic) bond motifs is 3. The number of ether oxygens (including phenoxy) is 1. The van der Waals surface area contributed by atoms with E-state index in [9.17, 15) is 4.79 Å². The van der Waals surface area contributed by atoms with Gasteiger partial charge in [-0.3, -0.25) is 4.90 Å². The standard InChI is InChI=1S/C24H28N6O2/c1-32-16-13-20-28-21-22(18-11-5-6-12-19(18)27-23(21)25)30(20)15-8-7-14-29(24(26)31)17-9-3-2-4-10-17/h2-6,9-12H,7-8,13-16H2,1H3,(H2,25,27)(H2,26,31). The van der Waals surface area contributed by atoms with Crippen LogP contribution in [0, 0.1) is 0 Å². The minimum absolute atomic E-state index is 0.431. The van der Waals surface area contributed by atoms with E-state index >= 15 is 0 Å². The lowest BCUT2D eigenvalue weighted by Crippen LogP contribution is -2.36. The van der Waals surface area contributed by atoms with E-state index in [4.69, 9.17) is 21.2 Å². The molecule has 0 saturated carbocycles. The first-order chi connectivity index (χ1) is 15.6. The minimum Gasteiger partial charge on any atom is -0.384 e. The maximum atomic E-state index is 12.0. The summed E-state index contributed by atoms with van der Waals surface area (Å²) in [6.07, 6.45) is 2.31. The fourth-order valence-corrected chi connectivity index (χ4v) is 4.04. The van der Waals surface area contributed by atoms with Crippen LogP contribution in [0.4, 0.5) is 16.3 Å². The second-order valence-electron chi connectivity index (χ2n) is 7.67. The molecule has 4 aromatic rings. The zero-order valence-electron chi connectivity index (χ0n) is 18.2. The smallest absolute Gasteiger partial charge is 0.319 e. The molecule has 0 unspecified atom stereocenters. The van der Waals surface area contributed by atoms with E-state index in [2.05, 4.69) is 9.55 Å². The highest BCUT2D eigenvalue weighted by molar-refractivity contribution is 6.06. The highest BCUT2D eigenvalue weighted by atomic mass is 16.5. The van der Waals surface area contributed by atoms with Crippen molar-refractivity contribution in [2.24, 2.45) is 5.73 Å². The third-order valence-electron chi connectivity index (χ3n) is 5.57. The van der Waals surface area contributed by atoms with Gasteiger partial charge in [-0.2, -0.15) is 0 Å². The first kappa shape index (κ1) is 21.6. The molecule has 166 valence electrons. The van der Waals surface area contributed by atoms with Crippen LogP contribution in [0.3, 0.4) is 0 Å². The van der Waals surface area contributed by atoms with Crippen molar-refractivity contribution >= 4 is 39.5 Å². The number of amides is 2. The number of benzene rings is 2. The van der Waals surface area contributed by atoms with Crippen LogP contribution in [0.2, 0.25) is 0 Å². The molecule has 0 radical (unpaired) electrons. The third-order valence-corrected chi connectivity index (χ3v) is 5.57. The fourth-order valence-electron chi connectivity index (χ4n) is 4.04. The van der Waals surface area contributed by atoms with Crippen molar-refractivity contribution in [3.8, 4) is 0 Å². The number of primary amides is 1. The van der Waals surface area contributed by atoms with Gasteiger partial charge in [-0.05, 0) is 31.0 Å². The summed E-state index contributed by atoms with van der Waals surface area (Å²) in [6.45, 7) is 1.85. The van der Waals surface area contributed by atoms with Gasteiger partial charge in [-0.1, -0.05) is 36.4 Å². The van der Waals surface area contributed by atoms with Gasteiger partial charge in [-0.15, -0.1) is 0 Å². The summed E-state index contributed by atoms with van der Waals surface area (Å²) in [5.41, 5.74) is 15.2. The van der Waals surface area contributed by atoms with E-state index in [1.807, 2.05) is 54.6 Å². The maximum absolute atomic E-state index is 12.0. The molecule has 4 N–H and O–H groups in total. The van der Waals surface area contributed by atoms with Gasteiger partial charge in [0.05, 0.1) is 17.6 Å². The van der Waals surface area contributed by atoms with Gasteiger partial charge in [0.1, 0.15) is 11.3 Å². The molecule has 0 bridgehead atoms. The van der Waals surface area contributed by atoms with Crippen LogP contribution in [0.5, 0.6) is 0 Å². The number of para-hydroxylation sites is 2. The van der Waals surface area contributed by atoms with Gasteiger partial charge in [-0.25, -0.2) is 14.8 Å². The van der Waals surface area contributed by atoms with Crippen LogP contribution in [-0.4, -0.2) is 40.8 Å².